The molecule has 0 aliphatic carbocycles. The summed E-state index contributed by atoms with van der Waals surface area (Å²) in [4.78, 5) is 24.9. The van der Waals surface area contributed by atoms with Gasteiger partial charge in [-0.15, -0.1) is 21.5 Å². The molecule has 4 aromatic rings. The third kappa shape index (κ3) is 5.27. The van der Waals surface area contributed by atoms with E-state index in [1.54, 1.807) is 23.6 Å². The van der Waals surface area contributed by atoms with E-state index in [1.807, 2.05) is 54.8 Å². The fourth-order valence-electron chi connectivity index (χ4n) is 3.12. The predicted molar refractivity (Wildman–Crippen MR) is 132 cm³/mol. The Bertz CT molecular complexity index is 1300. The number of benzene rings is 2. The van der Waals surface area contributed by atoms with E-state index >= 15 is 0 Å². The molecule has 0 saturated carbocycles. The summed E-state index contributed by atoms with van der Waals surface area (Å²) in [6.45, 7) is 4.02. The lowest BCUT2D eigenvalue weighted by molar-refractivity contribution is -0.119. The van der Waals surface area contributed by atoms with Crippen molar-refractivity contribution in [3.8, 4) is 17.1 Å². The Morgan fingerprint density at radius 1 is 1.06 bits per heavy atom. The molecular formula is C23H20ClN5O2S2. The Balaban J connectivity index is 1.58. The van der Waals surface area contributed by atoms with Crippen molar-refractivity contribution in [3.05, 3.63) is 81.0 Å². The first-order valence-electron chi connectivity index (χ1n) is 9.97. The molecule has 0 aliphatic rings. The van der Waals surface area contributed by atoms with Crippen molar-refractivity contribution in [3.63, 3.8) is 0 Å². The van der Waals surface area contributed by atoms with Gasteiger partial charge in [0.2, 0.25) is 5.91 Å². The number of hydrogen-bond donors (Lipinski definition) is 2. The number of carbonyl (C=O) groups excluding carboxylic acids is 2. The lowest BCUT2D eigenvalue weighted by Gasteiger charge is -2.14. The maximum atomic E-state index is 12.4. The summed E-state index contributed by atoms with van der Waals surface area (Å²) in [6, 6.07) is 17.0. The maximum absolute atomic E-state index is 12.4. The van der Waals surface area contributed by atoms with E-state index < -0.39 is 0 Å². The van der Waals surface area contributed by atoms with Crippen LogP contribution in [-0.2, 0) is 4.79 Å². The SMILES string of the molecule is Cc1ccc(C)c(-n2c(SCC(=O)NNC(=O)c3cccs3)nnc2-c2ccccc2Cl)c1. The normalized spacial score (nSPS) is 10.8. The molecule has 2 aromatic carbocycles. The van der Waals surface area contributed by atoms with Gasteiger partial charge in [-0.05, 0) is 54.6 Å². The topological polar surface area (TPSA) is 88.9 Å². The molecule has 0 spiro atoms. The van der Waals surface area contributed by atoms with Gasteiger partial charge in [-0.25, -0.2) is 0 Å². The summed E-state index contributed by atoms with van der Waals surface area (Å²) >= 11 is 8.96. The van der Waals surface area contributed by atoms with Gasteiger partial charge < -0.3 is 0 Å². The highest BCUT2D eigenvalue weighted by atomic mass is 35.5. The number of aryl methyl sites for hydroxylation is 2. The molecule has 4 rings (SSSR count). The van der Waals surface area contributed by atoms with Crippen LogP contribution in [0.4, 0.5) is 0 Å². The maximum Gasteiger partial charge on any atom is 0.279 e. The number of thiophene rings is 1. The van der Waals surface area contributed by atoms with Gasteiger partial charge in [-0.2, -0.15) is 0 Å². The highest BCUT2D eigenvalue weighted by molar-refractivity contribution is 7.99. The quantitative estimate of drug-likeness (QED) is 0.294. The van der Waals surface area contributed by atoms with Crippen LogP contribution < -0.4 is 10.9 Å². The van der Waals surface area contributed by atoms with E-state index in [2.05, 4.69) is 21.0 Å². The van der Waals surface area contributed by atoms with Crippen LogP contribution in [-0.4, -0.2) is 32.3 Å². The molecule has 0 radical (unpaired) electrons. The van der Waals surface area contributed by atoms with Crippen LogP contribution >= 0.6 is 34.7 Å². The molecule has 2 aromatic heterocycles. The van der Waals surface area contributed by atoms with E-state index in [1.165, 1.54) is 23.1 Å². The van der Waals surface area contributed by atoms with E-state index in [4.69, 9.17) is 11.6 Å². The average molecular weight is 498 g/mol. The van der Waals surface area contributed by atoms with Gasteiger partial charge >= 0.3 is 0 Å². The Morgan fingerprint density at radius 3 is 2.64 bits per heavy atom. The zero-order valence-corrected chi connectivity index (χ0v) is 20.2. The number of hydrazine groups is 1. The Hall–Kier alpha value is -3.14. The molecule has 2 heterocycles. The average Bonchev–Trinajstić information content (AvgIpc) is 3.48. The van der Waals surface area contributed by atoms with Gasteiger partial charge in [0, 0.05) is 5.56 Å². The molecule has 0 bridgehead atoms. The summed E-state index contributed by atoms with van der Waals surface area (Å²) in [7, 11) is 0. The summed E-state index contributed by atoms with van der Waals surface area (Å²) < 4.78 is 1.91. The number of rotatable bonds is 6. The van der Waals surface area contributed by atoms with Crippen LogP contribution in [0.15, 0.2) is 65.1 Å². The molecule has 2 N–H and O–H groups in total. The first-order chi connectivity index (χ1) is 15.9. The predicted octanol–water partition coefficient (Wildman–Crippen LogP) is 4.82. The van der Waals surface area contributed by atoms with Crippen LogP contribution in [0.1, 0.15) is 20.8 Å². The standard InChI is InChI=1S/C23H20ClN5O2S2/c1-14-9-10-15(2)18(12-14)29-21(16-6-3-4-7-17(16)24)26-28-23(29)33-13-20(30)25-27-22(31)19-8-5-11-32-19/h3-12H,13H2,1-2H3,(H,25,30)(H,27,31). The van der Waals surface area contributed by atoms with Gasteiger partial charge in [0.1, 0.15) is 0 Å². The molecule has 0 fully saturated rings. The van der Waals surface area contributed by atoms with Crippen molar-refractivity contribution >= 4 is 46.5 Å². The van der Waals surface area contributed by atoms with E-state index in [-0.39, 0.29) is 17.6 Å². The Morgan fingerprint density at radius 2 is 1.88 bits per heavy atom. The number of amides is 2. The van der Waals surface area contributed by atoms with Crippen LogP contribution in [0.3, 0.4) is 0 Å². The van der Waals surface area contributed by atoms with Gasteiger partial charge in [-0.1, -0.05) is 53.7 Å². The largest absolute Gasteiger partial charge is 0.279 e. The van der Waals surface area contributed by atoms with Crippen molar-refractivity contribution < 1.29 is 9.59 Å². The smallest absolute Gasteiger partial charge is 0.272 e. The minimum absolute atomic E-state index is 0.0379. The van der Waals surface area contributed by atoms with Gasteiger partial charge in [0.25, 0.3) is 5.91 Å². The third-order valence-electron chi connectivity index (χ3n) is 4.75. The lowest BCUT2D eigenvalue weighted by Crippen LogP contribution is -2.42. The number of nitrogens with one attached hydrogen (secondary N) is 2. The van der Waals surface area contributed by atoms with Crippen LogP contribution in [0.25, 0.3) is 17.1 Å². The molecule has 0 aliphatic heterocycles. The van der Waals surface area contributed by atoms with Crippen molar-refractivity contribution in [1.82, 2.24) is 25.6 Å². The molecule has 10 heteroatoms. The van der Waals surface area contributed by atoms with E-state index in [0.717, 1.165) is 22.4 Å². The number of halogens is 1. The first kappa shape index (κ1) is 23.0. The van der Waals surface area contributed by atoms with Gasteiger partial charge in [0.15, 0.2) is 11.0 Å². The fourth-order valence-corrected chi connectivity index (χ4v) is 4.70. The second-order valence-electron chi connectivity index (χ2n) is 7.18. The highest BCUT2D eigenvalue weighted by Gasteiger charge is 2.20. The first-order valence-corrected chi connectivity index (χ1v) is 12.2. The molecule has 0 saturated heterocycles. The van der Waals surface area contributed by atoms with Crippen molar-refractivity contribution in [2.75, 3.05) is 5.75 Å². The summed E-state index contributed by atoms with van der Waals surface area (Å²) in [5, 5.41) is 11.6. The number of carbonyl (C=O) groups is 2. The van der Waals surface area contributed by atoms with E-state index in [0.29, 0.717) is 20.9 Å². The third-order valence-corrected chi connectivity index (χ3v) is 6.87. The monoisotopic (exact) mass is 497 g/mol. The molecule has 33 heavy (non-hydrogen) atoms. The Kier molecular flexibility index (Phi) is 7.12. The number of aromatic nitrogens is 3. The molecule has 0 unspecified atom stereocenters. The molecule has 168 valence electrons. The van der Waals surface area contributed by atoms with Gasteiger partial charge in [-0.3, -0.25) is 25.0 Å². The van der Waals surface area contributed by atoms with Crippen molar-refractivity contribution in [2.24, 2.45) is 0 Å². The van der Waals surface area contributed by atoms with Crippen molar-refractivity contribution in [2.45, 2.75) is 19.0 Å². The summed E-state index contributed by atoms with van der Waals surface area (Å²) in [6.07, 6.45) is 0. The molecule has 0 atom stereocenters. The molecule has 7 nitrogen and oxygen atoms in total. The highest BCUT2D eigenvalue weighted by Crippen LogP contribution is 2.33. The van der Waals surface area contributed by atoms with E-state index in [9.17, 15) is 9.59 Å². The van der Waals surface area contributed by atoms with Crippen LogP contribution in [0, 0.1) is 13.8 Å². The second kappa shape index (κ2) is 10.2. The minimum Gasteiger partial charge on any atom is -0.272 e. The zero-order valence-electron chi connectivity index (χ0n) is 17.8. The second-order valence-corrected chi connectivity index (χ2v) is 9.48. The summed E-state index contributed by atoms with van der Waals surface area (Å²) in [5.41, 5.74) is 8.62. The van der Waals surface area contributed by atoms with Crippen molar-refractivity contribution in [1.29, 1.82) is 0 Å². The lowest BCUT2D eigenvalue weighted by atomic mass is 10.1. The van der Waals surface area contributed by atoms with Crippen LogP contribution in [0.2, 0.25) is 5.02 Å². The molecule has 2 amide bonds. The number of hydrogen-bond acceptors (Lipinski definition) is 6. The molecular weight excluding hydrogens is 478 g/mol. The fraction of sp³-hybridized carbons (Fsp3) is 0.130. The zero-order chi connectivity index (χ0) is 23.4. The number of thioether (sulfide) groups is 1. The Labute approximate surface area is 204 Å². The van der Waals surface area contributed by atoms with Crippen LogP contribution in [0.5, 0.6) is 0 Å². The van der Waals surface area contributed by atoms with Gasteiger partial charge in [0.05, 0.1) is 21.3 Å². The minimum atomic E-state index is -0.361. The summed E-state index contributed by atoms with van der Waals surface area (Å²) in [5.74, 6) is -0.0956. The number of nitrogens with zero attached hydrogens (tertiary/aromatic N) is 3.